The monoisotopic (exact) mass is 239 g/mol. The van der Waals surface area contributed by atoms with E-state index < -0.39 is 0 Å². The summed E-state index contributed by atoms with van der Waals surface area (Å²) in [6.07, 6.45) is 12.8. The standard InChI is InChI=1S/C16H31O/c1-5-9-12-15(11-7-3)16(8-4,14-17)13-10-6-2/h15H,5-13H2,1-4H3. The SMILES string of the molecule is CCCCC(CCC)C([C]=O)(CC)CCCC. The largest absolute Gasteiger partial charge is 0.290 e. The summed E-state index contributed by atoms with van der Waals surface area (Å²) in [6, 6.07) is 0. The second-order valence-corrected chi connectivity index (χ2v) is 5.34. The van der Waals surface area contributed by atoms with Gasteiger partial charge in [0.05, 0.1) is 0 Å². The Morgan fingerprint density at radius 1 is 0.941 bits per heavy atom. The Morgan fingerprint density at radius 2 is 1.59 bits per heavy atom. The highest BCUT2D eigenvalue weighted by atomic mass is 16.1. The van der Waals surface area contributed by atoms with Crippen molar-refractivity contribution in [2.24, 2.45) is 11.3 Å². The highest BCUT2D eigenvalue weighted by molar-refractivity contribution is 5.60. The average Bonchev–Trinajstić information content (AvgIpc) is 2.37. The molecule has 0 fully saturated rings. The molecule has 0 rings (SSSR count). The summed E-state index contributed by atoms with van der Waals surface area (Å²) >= 11 is 0. The van der Waals surface area contributed by atoms with Crippen LogP contribution in [0.15, 0.2) is 0 Å². The molecule has 0 aliphatic rings. The number of carbonyl (C=O) groups excluding carboxylic acids is 1. The Balaban J connectivity index is 4.70. The van der Waals surface area contributed by atoms with Crippen LogP contribution >= 0.6 is 0 Å². The molecule has 0 spiro atoms. The maximum atomic E-state index is 11.5. The molecule has 0 bridgehead atoms. The van der Waals surface area contributed by atoms with Crippen molar-refractivity contribution in [1.82, 2.24) is 0 Å². The molecule has 0 aromatic rings. The van der Waals surface area contributed by atoms with Gasteiger partial charge in [-0.2, -0.15) is 0 Å². The van der Waals surface area contributed by atoms with E-state index in [0.29, 0.717) is 5.92 Å². The van der Waals surface area contributed by atoms with E-state index in [4.69, 9.17) is 0 Å². The highest BCUT2D eigenvalue weighted by Crippen LogP contribution is 2.40. The lowest BCUT2D eigenvalue weighted by atomic mass is 9.67. The van der Waals surface area contributed by atoms with Crippen molar-refractivity contribution in [3.8, 4) is 0 Å². The topological polar surface area (TPSA) is 17.1 Å². The molecule has 0 heterocycles. The zero-order chi connectivity index (χ0) is 13.1. The van der Waals surface area contributed by atoms with E-state index in [1.54, 1.807) is 0 Å². The molecule has 0 aliphatic carbocycles. The molecule has 0 N–H and O–H groups in total. The first kappa shape index (κ1) is 16.7. The van der Waals surface area contributed by atoms with E-state index in [0.717, 1.165) is 19.3 Å². The van der Waals surface area contributed by atoms with Gasteiger partial charge < -0.3 is 0 Å². The predicted octanol–water partition coefficient (Wildman–Crippen LogP) is 5.29. The third-order valence-electron chi connectivity index (χ3n) is 4.14. The molecule has 0 amide bonds. The second-order valence-electron chi connectivity index (χ2n) is 5.34. The van der Waals surface area contributed by atoms with Crippen molar-refractivity contribution >= 4 is 6.29 Å². The molecule has 2 atom stereocenters. The van der Waals surface area contributed by atoms with E-state index in [1.165, 1.54) is 38.5 Å². The third-order valence-corrected chi connectivity index (χ3v) is 4.14. The second kappa shape index (κ2) is 9.67. The maximum absolute atomic E-state index is 11.5. The van der Waals surface area contributed by atoms with Gasteiger partial charge >= 0.3 is 0 Å². The molecular weight excluding hydrogens is 208 g/mol. The number of unbranched alkanes of at least 4 members (excludes halogenated alkanes) is 2. The molecule has 0 saturated carbocycles. The first-order valence-corrected chi connectivity index (χ1v) is 7.59. The van der Waals surface area contributed by atoms with Gasteiger partial charge in [0.2, 0.25) is 6.29 Å². The van der Waals surface area contributed by atoms with Crippen LogP contribution in [0.2, 0.25) is 0 Å². The average molecular weight is 239 g/mol. The van der Waals surface area contributed by atoms with Crippen LogP contribution in [0.25, 0.3) is 0 Å². The van der Waals surface area contributed by atoms with Crippen LogP contribution in [0.4, 0.5) is 0 Å². The first-order chi connectivity index (χ1) is 8.20. The molecular formula is C16H31O. The van der Waals surface area contributed by atoms with Crippen molar-refractivity contribution in [2.45, 2.75) is 85.5 Å². The smallest absolute Gasteiger partial charge is 0.205 e. The predicted molar refractivity (Wildman–Crippen MR) is 75.9 cm³/mol. The van der Waals surface area contributed by atoms with Crippen molar-refractivity contribution in [3.05, 3.63) is 0 Å². The summed E-state index contributed by atoms with van der Waals surface area (Å²) in [4.78, 5) is 11.5. The van der Waals surface area contributed by atoms with Gasteiger partial charge in [0.1, 0.15) is 0 Å². The number of hydrogen-bond donors (Lipinski definition) is 0. The molecule has 2 unspecified atom stereocenters. The van der Waals surface area contributed by atoms with Gasteiger partial charge in [-0.15, -0.1) is 0 Å². The number of hydrogen-bond acceptors (Lipinski definition) is 1. The van der Waals surface area contributed by atoms with Gasteiger partial charge in [-0.1, -0.05) is 59.8 Å². The van der Waals surface area contributed by atoms with E-state index in [-0.39, 0.29) is 5.41 Å². The highest BCUT2D eigenvalue weighted by Gasteiger charge is 2.36. The fourth-order valence-electron chi connectivity index (χ4n) is 2.86. The Morgan fingerprint density at radius 3 is 2.00 bits per heavy atom. The number of rotatable bonds is 11. The minimum Gasteiger partial charge on any atom is -0.290 e. The van der Waals surface area contributed by atoms with Crippen molar-refractivity contribution in [1.29, 1.82) is 0 Å². The van der Waals surface area contributed by atoms with Crippen LogP contribution < -0.4 is 0 Å². The van der Waals surface area contributed by atoms with E-state index >= 15 is 0 Å². The first-order valence-electron chi connectivity index (χ1n) is 7.59. The summed E-state index contributed by atoms with van der Waals surface area (Å²) in [6.45, 7) is 8.82. The Bertz CT molecular complexity index is 188. The van der Waals surface area contributed by atoms with E-state index in [9.17, 15) is 4.79 Å². The van der Waals surface area contributed by atoms with Crippen molar-refractivity contribution < 1.29 is 4.79 Å². The van der Waals surface area contributed by atoms with Gasteiger partial charge in [0, 0.05) is 5.41 Å². The summed E-state index contributed by atoms with van der Waals surface area (Å²) < 4.78 is 0. The van der Waals surface area contributed by atoms with Gasteiger partial charge in [0.15, 0.2) is 0 Å². The maximum Gasteiger partial charge on any atom is 0.205 e. The van der Waals surface area contributed by atoms with Gasteiger partial charge in [-0.3, -0.25) is 4.79 Å². The van der Waals surface area contributed by atoms with Crippen LogP contribution in [0.3, 0.4) is 0 Å². The normalized spacial score (nSPS) is 16.5. The third kappa shape index (κ3) is 5.23. The van der Waals surface area contributed by atoms with Gasteiger partial charge in [-0.05, 0) is 31.6 Å². The summed E-state index contributed by atoms with van der Waals surface area (Å²) in [5, 5.41) is 0. The molecule has 17 heavy (non-hydrogen) atoms. The van der Waals surface area contributed by atoms with Crippen molar-refractivity contribution in [3.63, 3.8) is 0 Å². The lowest BCUT2D eigenvalue weighted by Gasteiger charge is -2.35. The quantitative estimate of drug-likeness (QED) is 0.479. The van der Waals surface area contributed by atoms with Crippen LogP contribution in [-0.4, -0.2) is 6.29 Å². The van der Waals surface area contributed by atoms with Crippen molar-refractivity contribution in [2.75, 3.05) is 0 Å². The summed E-state index contributed by atoms with van der Waals surface area (Å²) in [5.74, 6) is 0.557. The Hall–Kier alpha value is -0.330. The fourth-order valence-corrected chi connectivity index (χ4v) is 2.86. The van der Waals surface area contributed by atoms with E-state index in [2.05, 4.69) is 34.0 Å². The molecule has 0 aliphatic heterocycles. The zero-order valence-corrected chi connectivity index (χ0v) is 12.3. The van der Waals surface area contributed by atoms with Crippen LogP contribution in [0.1, 0.15) is 85.5 Å². The molecule has 0 aromatic heterocycles. The van der Waals surface area contributed by atoms with Gasteiger partial charge in [0.25, 0.3) is 0 Å². The molecule has 101 valence electrons. The molecule has 1 nitrogen and oxygen atoms in total. The molecule has 1 heteroatoms. The van der Waals surface area contributed by atoms with Gasteiger partial charge in [-0.25, -0.2) is 0 Å². The minimum atomic E-state index is -0.152. The Labute approximate surface area is 108 Å². The summed E-state index contributed by atoms with van der Waals surface area (Å²) in [7, 11) is 0. The minimum absolute atomic E-state index is 0.152. The van der Waals surface area contributed by atoms with Crippen LogP contribution in [0, 0.1) is 11.3 Å². The molecule has 1 radical (unpaired) electrons. The van der Waals surface area contributed by atoms with E-state index in [1.807, 2.05) is 0 Å². The zero-order valence-electron chi connectivity index (χ0n) is 12.3. The fraction of sp³-hybridized carbons (Fsp3) is 0.938. The molecule has 0 aromatic carbocycles. The lowest BCUT2D eigenvalue weighted by Crippen LogP contribution is -2.32. The van der Waals surface area contributed by atoms with Crippen LogP contribution in [-0.2, 0) is 4.79 Å². The molecule has 0 saturated heterocycles. The lowest BCUT2D eigenvalue weighted by molar-refractivity contribution is 0.185. The summed E-state index contributed by atoms with van der Waals surface area (Å²) in [5.41, 5.74) is -0.152. The Kier molecular flexibility index (Phi) is 9.49. The van der Waals surface area contributed by atoms with Crippen LogP contribution in [0.5, 0.6) is 0 Å².